The third-order valence-electron chi connectivity index (χ3n) is 2.71. The van der Waals surface area contributed by atoms with Crippen molar-refractivity contribution in [2.75, 3.05) is 31.6 Å². The topological polar surface area (TPSA) is 44.4 Å². The highest BCUT2D eigenvalue weighted by Gasteiger charge is 2.23. The molecular formula is C12H17N3O. The summed E-state index contributed by atoms with van der Waals surface area (Å²) in [5.74, 6) is 0.0929. The lowest BCUT2D eigenvalue weighted by Crippen LogP contribution is -2.57. The number of anilines is 1. The normalized spacial score (nSPS) is 20.7. The van der Waals surface area contributed by atoms with Gasteiger partial charge >= 0.3 is 0 Å². The maximum Gasteiger partial charge on any atom is 0.239 e. The minimum Gasteiger partial charge on any atom is -0.360 e. The second kappa shape index (κ2) is 4.99. The van der Waals surface area contributed by atoms with Crippen LogP contribution in [-0.4, -0.2) is 38.6 Å². The Kier molecular flexibility index (Phi) is 3.41. The summed E-state index contributed by atoms with van der Waals surface area (Å²) >= 11 is 0. The number of carbonyl (C=O) groups excluding carboxylic acids is 1. The number of carbonyl (C=O) groups is 1. The predicted octanol–water partition coefficient (Wildman–Crippen LogP) is 0.211. The van der Waals surface area contributed by atoms with Crippen molar-refractivity contribution < 1.29 is 4.79 Å². The highest BCUT2D eigenvalue weighted by atomic mass is 16.2. The first-order valence-electron chi connectivity index (χ1n) is 5.53. The molecule has 0 spiro atoms. The van der Waals surface area contributed by atoms with E-state index in [9.17, 15) is 4.79 Å². The van der Waals surface area contributed by atoms with Crippen LogP contribution in [0.4, 0.5) is 5.69 Å². The lowest BCUT2D eigenvalue weighted by atomic mass is 10.1. The number of piperazine rings is 1. The van der Waals surface area contributed by atoms with Crippen LogP contribution in [0.1, 0.15) is 0 Å². The third-order valence-corrected chi connectivity index (χ3v) is 2.71. The largest absolute Gasteiger partial charge is 0.360 e. The summed E-state index contributed by atoms with van der Waals surface area (Å²) in [5, 5.41) is 6.06. The van der Waals surface area contributed by atoms with Crippen LogP contribution in [0.5, 0.6) is 0 Å². The number of benzene rings is 1. The molecule has 1 fully saturated rings. The van der Waals surface area contributed by atoms with Gasteiger partial charge in [-0.15, -0.1) is 0 Å². The highest BCUT2D eigenvalue weighted by Crippen LogP contribution is 2.15. The fraction of sp³-hybridized carbons (Fsp3) is 0.417. The van der Waals surface area contributed by atoms with Gasteiger partial charge in [-0.05, 0) is 19.2 Å². The van der Waals surface area contributed by atoms with Crippen molar-refractivity contribution in [2.45, 2.75) is 6.04 Å². The molecule has 4 heteroatoms. The molecular weight excluding hydrogens is 202 g/mol. The van der Waals surface area contributed by atoms with E-state index < -0.39 is 0 Å². The Hall–Kier alpha value is -1.55. The zero-order chi connectivity index (χ0) is 11.4. The quantitative estimate of drug-likeness (QED) is 0.764. The van der Waals surface area contributed by atoms with Crippen LogP contribution in [-0.2, 0) is 4.79 Å². The van der Waals surface area contributed by atoms with Gasteiger partial charge in [0.2, 0.25) is 5.91 Å². The van der Waals surface area contributed by atoms with E-state index in [-0.39, 0.29) is 11.9 Å². The van der Waals surface area contributed by atoms with E-state index >= 15 is 0 Å². The number of amides is 1. The van der Waals surface area contributed by atoms with Crippen LogP contribution >= 0.6 is 0 Å². The molecule has 86 valence electrons. The first-order chi connectivity index (χ1) is 7.79. The molecule has 1 saturated heterocycles. The van der Waals surface area contributed by atoms with Crippen molar-refractivity contribution in [2.24, 2.45) is 0 Å². The molecule has 1 heterocycles. The van der Waals surface area contributed by atoms with Gasteiger partial charge in [-0.3, -0.25) is 4.79 Å². The van der Waals surface area contributed by atoms with E-state index in [1.807, 2.05) is 37.4 Å². The van der Waals surface area contributed by atoms with Crippen molar-refractivity contribution >= 4 is 11.6 Å². The van der Waals surface area contributed by atoms with Gasteiger partial charge in [0.1, 0.15) is 0 Å². The number of nitrogens with one attached hydrogen (secondary N) is 2. The molecule has 0 saturated carbocycles. The number of nitrogens with zero attached hydrogens (tertiary/aromatic N) is 1. The standard InChI is InChI=1S/C12H17N3O/c1-13-7-10-8-15(9-12(16)14-10)11-5-3-2-4-6-11/h2-6,10,13H,7-9H2,1H3,(H,14,16). The van der Waals surface area contributed by atoms with Gasteiger partial charge < -0.3 is 15.5 Å². The van der Waals surface area contributed by atoms with Crippen LogP contribution < -0.4 is 15.5 Å². The summed E-state index contributed by atoms with van der Waals surface area (Å²) in [6, 6.07) is 10.2. The first-order valence-corrected chi connectivity index (χ1v) is 5.53. The van der Waals surface area contributed by atoms with E-state index in [2.05, 4.69) is 15.5 Å². The summed E-state index contributed by atoms with van der Waals surface area (Å²) in [4.78, 5) is 13.7. The van der Waals surface area contributed by atoms with Crippen molar-refractivity contribution in [1.82, 2.24) is 10.6 Å². The van der Waals surface area contributed by atoms with Gasteiger partial charge in [0.15, 0.2) is 0 Å². The lowest BCUT2D eigenvalue weighted by molar-refractivity contribution is -0.121. The molecule has 16 heavy (non-hydrogen) atoms. The van der Waals surface area contributed by atoms with Crippen LogP contribution in [0, 0.1) is 0 Å². The Balaban J connectivity index is 2.07. The van der Waals surface area contributed by atoms with E-state index in [1.165, 1.54) is 0 Å². The minimum absolute atomic E-state index is 0.0929. The van der Waals surface area contributed by atoms with Gasteiger partial charge in [0.25, 0.3) is 0 Å². The summed E-state index contributed by atoms with van der Waals surface area (Å²) in [6.07, 6.45) is 0. The zero-order valence-electron chi connectivity index (χ0n) is 9.44. The van der Waals surface area contributed by atoms with Crippen molar-refractivity contribution in [3.8, 4) is 0 Å². The third kappa shape index (κ3) is 2.52. The molecule has 1 aliphatic rings. The smallest absolute Gasteiger partial charge is 0.239 e. The van der Waals surface area contributed by atoms with Gasteiger partial charge in [-0.1, -0.05) is 18.2 Å². The molecule has 0 aromatic heterocycles. The van der Waals surface area contributed by atoms with E-state index in [4.69, 9.17) is 0 Å². The minimum atomic E-state index is 0.0929. The van der Waals surface area contributed by atoms with Gasteiger partial charge in [0.05, 0.1) is 12.6 Å². The Morgan fingerprint density at radius 3 is 2.88 bits per heavy atom. The Labute approximate surface area is 95.6 Å². The van der Waals surface area contributed by atoms with E-state index in [1.54, 1.807) is 0 Å². The molecule has 1 amide bonds. The maximum absolute atomic E-state index is 11.6. The van der Waals surface area contributed by atoms with Crippen molar-refractivity contribution in [3.63, 3.8) is 0 Å². The van der Waals surface area contributed by atoms with Crippen LogP contribution in [0.3, 0.4) is 0 Å². The average molecular weight is 219 g/mol. The molecule has 0 bridgehead atoms. The first kappa shape index (κ1) is 11.0. The summed E-state index contributed by atoms with van der Waals surface area (Å²) < 4.78 is 0. The zero-order valence-corrected chi connectivity index (χ0v) is 9.44. The van der Waals surface area contributed by atoms with E-state index in [0.717, 1.165) is 18.8 Å². The molecule has 1 atom stereocenters. The molecule has 2 rings (SSSR count). The Bertz CT molecular complexity index is 353. The second-order valence-electron chi connectivity index (χ2n) is 4.04. The Morgan fingerprint density at radius 2 is 2.19 bits per heavy atom. The van der Waals surface area contributed by atoms with Gasteiger partial charge in [-0.2, -0.15) is 0 Å². The van der Waals surface area contributed by atoms with Gasteiger partial charge in [-0.25, -0.2) is 0 Å². The monoisotopic (exact) mass is 219 g/mol. The number of likely N-dealkylation sites (N-methyl/N-ethyl adjacent to an activating group) is 1. The molecule has 1 aromatic rings. The fourth-order valence-corrected chi connectivity index (χ4v) is 2.02. The van der Waals surface area contributed by atoms with Crippen molar-refractivity contribution in [1.29, 1.82) is 0 Å². The molecule has 0 aliphatic carbocycles. The molecule has 4 nitrogen and oxygen atoms in total. The van der Waals surface area contributed by atoms with Crippen LogP contribution in [0.2, 0.25) is 0 Å². The molecule has 1 aliphatic heterocycles. The van der Waals surface area contributed by atoms with Gasteiger partial charge in [0, 0.05) is 18.8 Å². The van der Waals surface area contributed by atoms with Crippen molar-refractivity contribution in [3.05, 3.63) is 30.3 Å². The van der Waals surface area contributed by atoms with Crippen LogP contribution in [0.25, 0.3) is 0 Å². The molecule has 1 unspecified atom stereocenters. The van der Waals surface area contributed by atoms with E-state index in [0.29, 0.717) is 6.54 Å². The summed E-state index contributed by atoms with van der Waals surface area (Å²) in [5.41, 5.74) is 1.11. The van der Waals surface area contributed by atoms with Crippen LogP contribution in [0.15, 0.2) is 30.3 Å². The highest BCUT2D eigenvalue weighted by molar-refractivity contribution is 5.83. The lowest BCUT2D eigenvalue weighted by Gasteiger charge is -2.34. The summed E-state index contributed by atoms with van der Waals surface area (Å²) in [6.45, 7) is 2.11. The number of hydrogen-bond acceptors (Lipinski definition) is 3. The SMILES string of the molecule is CNCC1CN(c2ccccc2)CC(=O)N1. The number of rotatable bonds is 3. The molecule has 1 aromatic carbocycles. The fourth-order valence-electron chi connectivity index (χ4n) is 2.02. The molecule has 0 radical (unpaired) electrons. The Morgan fingerprint density at radius 1 is 1.44 bits per heavy atom. The number of para-hydroxylation sites is 1. The number of hydrogen-bond donors (Lipinski definition) is 2. The average Bonchev–Trinajstić information content (AvgIpc) is 2.30. The maximum atomic E-state index is 11.6. The second-order valence-corrected chi connectivity index (χ2v) is 4.04. The molecule has 2 N–H and O–H groups in total. The predicted molar refractivity (Wildman–Crippen MR) is 64.5 cm³/mol. The summed E-state index contributed by atoms with van der Waals surface area (Å²) in [7, 11) is 1.90.